The molecular formula is C19H11ClN4O4. The first kappa shape index (κ1) is 17.6. The average Bonchev–Trinajstić information content (AvgIpc) is 3.11. The number of nitrogens with one attached hydrogen (secondary N) is 1. The average molecular weight is 395 g/mol. The summed E-state index contributed by atoms with van der Waals surface area (Å²) in [5.41, 5.74) is 2.34. The summed E-state index contributed by atoms with van der Waals surface area (Å²) in [6, 6.07) is 14.1. The van der Waals surface area contributed by atoms with Crippen LogP contribution in [0.2, 0.25) is 5.02 Å². The predicted molar refractivity (Wildman–Crippen MR) is 103 cm³/mol. The van der Waals surface area contributed by atoms with Crippen molar-refractivity contribution >= 4 is 34.3 Å². The number of hydrogen-bond acceptors (Lipinski definition) is 5. The topological polar surface area (TPSA) is 122 Å². The number of non-ortho nitro benzene ring substituents is 1. The molecule has 28 heavy (non-hydrogen) atoms. The zero-order valence-corrected chi connectivity index (χ0v) is 14.8. The van der Waals surface area contributed by atoms with Crippen LogP contribution in [-0.2, 0) is 0 Å². The van der Waals surface area contributed by atoms with E-state index in [0.717, 1.165) is 0 Å². The monoisotopic (exact) mass is 394 g/mol. The Balaban J connectivity index is 1.89. The van der Waals surface area contributed by atoms with Crippen molar-refractivity contribution in [1.29, 1.82) is 0 Å². The van der Waals surface area contributed by atoms with E-state index in [2.05, 4.69) is 15.2 Å². The van der Waals surface area contributed by atoms with E-state index in [0.29, 0.717) is 32.9 Å². The van der Waals surface area contributed by atoms with Crippen molar-refractivity contribution in [2.24, 2.45) is 0 Å². The third-order valence-electron chi connectivity index (χ3n) is 4.26. The Labute approximate surface area is 162 Å². The molecule has 2 N–H and O–H groups in total. The van der Waals surface area contributed by atoms with Crippen LogP contribution in [0.15, 0.2) is 54.6 Å². The summed E-state index contributed by atoms with van der Waals surface area (Å²) in [6.45, 7) is 0. The molecule has 0 spiro atoms. The number of benzene rings is 2. The number of carboxylic acids is 1. The fraction of sp³-hybridized carbons (Fsp3) is 0. The molecule has 0 bridgehead atoms. The molecule has 0 aliphatic rings. The molecule has 0 saturated heterocycles. The number of nitro benzene ring substituents is 1. The molecule has 0 aliphatic heterocycles. The molecule has 4 rings (SSSR count). The first-order valence-corrected chi connectivity index (χ1v) is 8.45. The Morgan fingerprint density at radius 1 is 1.07 bits per heavy atom. The predicted octanol–water partition coefficient (Wildman–Crippen LogP) is 4.55. The lowest BCUT2D eigenvalue weighted by atomic mass is 10.0. The Kier molecular flexibility index (Phi) is 4.25. The van der Waals surface area contributed by atoms with Crippen LogP contribution in [0.3, 0.4) is 0 Å². The summed E-state index contributed by atoms with van der Waals surface area (Å²) in [5.74, 6) is -1.13. The molecule has 2 heterocycles. The van der Waals surface area contributed by atoms with Gasteiger partial charge >= 0.3 is 5.97 Å². The van der Waals surface area contributed by atoms with Crippen LogP contribution >= 0.6 is 11.6 Å². The summed E-state index contributed by atoms with van der Waals surface area (Å²) in [4.78, 5) is 26.7. The molecule has 2 aromatic heterocycles. The number of aromatic carboxylic acids is 1. The molecular weight excluding hydrogens is 384 g/mol. The number of carbonyl (C=O) groups is 1. The van der Waals surface area contributed by atoms with Gasteiger partial charge in [-0.1, -0.05) is 23.7 Å². The third kappa shape index (κ3) is 3.06. The number of H-pyrrole nitrogens is 1. The van der Waals surface area contributed by atoms with E-state index in [4.69, 9.17) is 11.6 Å². The molecule has 0 saturated carbocycles. The van der Waals surface area contributed by atoms with Crippen molar-refractivity contribution < 1.29 is 14.8 Å². The summed E-state index contributed by atoms with van der Waals surface area (Å²) >= 11 is 5.90. The van der Waals surface area contributed by atoms with E-state index in [1.807, 2.05) is 0 Å². The van der Waals surface area contributed by atoms with Gasteiger partial charge in [0.2, 0.25) is 0 Å². The largest absolute Gasteiger partial charge is 0.478 e. The zero-order chi connectivity index (χ0) is 19.8. The summed E-state index contributed by atoms with van der Waals surface area (Å²) in [5, 5.41) is 28.4. The SMILES string of the molecule is O=C(O)c1cc(-c2ccc(Cl)cc2)nc2n[nH]c(-c3ccc([N+](=O)[O-])cc3)c12. The van der Waals surface area contributed by atoms with Gasteiger partial charge in [0.25, 0.3) is 5.69 Å². The molecule has 8 nitrogen and oxygen atoms in total. The fourth-order valence-corrected chi connectivity index (χ4v) is 3.05. The number of nitrogens with zero attached hydrogens (tertiary/aromatic N) is 3. The summed E-state index contributed by atoms with van der Waals surface area (Å²) in [7, 11) is 0. The smallest absolute Gasteiger partial charge is 0.336 e. The van der Waals surface area contributed by atoms with Crippen molar-refractivity contribution in [2.75, 3.05) is 0 Å². The molecule has 0 atom stereocenters. The van der Waals surface area contributed by atoms with Gasteiger partial charge in [0, 0.05) is 28.3 Å². The van der Waals surface area contributed by atoms with Crippen LogP contribution in [0.5, 0.6) is 0 Å². The number of aromatic amines is 1. The summed E-state index contributed by atoms with van der Waals surface area (Å²) in [6.07, 6.45) is 0. The number of aromatic nitrogens is 3. The van der Waals surface area contributed by atoms with Crippen molar-refractivity contribution in [2.45, 2.75) is 0 Å². The van der Waals surface area contributed by atoms with E-state index in [9.17, 15) is 20.0 Å². The minimum absolute atomic E-state index is 0.0250. The van der Waals surface area contributed by atoms with E-state index in [1.54, 1.807) is 24.3 Å². The van der Waals surface area contributed by atoms with Crippen LogP contribution in [0.1, 0.15) is 10.4 Å². The quantitative estimate of drug-likeness (QED) is 0.386. The Morgan fingerprint density at radius 3 is 2.32 bits per heavy atom. The molecule has 0 amide bonds. The minimum atomic E-state index is -1.13. The van der Waals surface area contributed by atoms with Crippen LogP contribution in [0.4, 0.5) is 5.69 Å². The molecule has 4 aromatic rings. The van der Waals surface area contributed by atoms with Gasteiger partial charge in [0.1, 0.15) is 0 Å². The van der Waals surface area contributed by atoms with Crippen molar-refractivity contribution in [3.8, 4) is 22.5 Å². The first-order chi connectivity index (χ1) is 13.4. The van der Waals surface area contributed by atoms with E-state index < -0.39 is 10.9 Å². The van der Waals surface area contributed by atoms with Gasteiger partial charge in [-0.05, 0) is 30.3 Å². The Morgan fingerprint density at radius 2 is 1.71 bits per heavy atom. The van der Waals surface area contributed by atoms with Crippen LogP contribution in [-0.4, -0.2) is 31.2 Å². The lowest BCUT2D eigenvalue weighted by molar-refractivity contribution is -0.384. The third-order valence-corrected chi connectivity index (χ3v) is 4.51. The van der Waals surface area contributed by atoms with E-state index >= 15 is 0 Å². The second-order valence-corrected chi connectivity index (χ2v) is 6.40. The molecule has 138 valence electrons. The van der Waals surface area contributed by atoms with E-state index in [1.165, 1.54) is 30.3 Å². The number of carboxylic acid groups (broad SMARTS) is 1. The highest BCUT2D eigenvalue weighted by atomic mass is 35.5. The number of rotatable bonds is 4. The van der Waals surface area contributed by atoms with Gasteiger partial charge in [0.05, 0.1) is 27.3 Å². The van der Waals surface area contributed by atoms with Crippen molar-refractivity contribution in [3.05, 3.63) is 75.3 Å². The maximum Gasteiger partial charge on any atom is 0.336 e. The molecule has 0 aliphatic carbocycles. The first-order valence-electron chi connectivity index (χ1n) is 8.07. The highest BCUT2D eigenvalue weighted by Crippen LogP contribution is 2.32. The molecule has 2 aromatic carbocycles. The van der Waals surface area contributed by atoms with Gasteiger partial charge in [-0.3, -0.25) is 15.2 Å². The maximum absolute atomic E-state index is 11.9. The van der Waals surface area contributed by atoms with Crippen LogP contribution in [0.25, 0.3) is 33.5 Å². The van der Waals surface area contributed by atoms with Gasteiger partial charge in [-0.2, -0.15) is 5.10 Å². The second kappa shape index (κ2) is 6.75. The Bertz CT molecular complexity index is 1220. The standard InChI is InChI=1S/C19H11ClN4O4/c20-12-5-1-10(2-6-12)15-9-14(19(25)26)16-17(22-23-18(16)21-15)11-3-7-13(8-4-11)24(27)28/h1-9H,(H,25,26)(H,21,22,23). The maximum atomic E-state index is 11.9. The van der Waals surface area contributed by atoms with Crippen molar-refractivity contribution in [3.63, 3.8) is 0 Å². The number of halogens is 1. The molecule has 0 fully saturated rings. The molecule has 0 radical (unpaired) electrons. The van der Waals surface area contributed by atoms with E-state index in [-0.39, 0.29) is 16.9 Å². The number of fused-ring (bicyclic) bond motifs is 1. The van der Waals surface area contributed by atoms with Gasteiger partial charge in [-0.25, -0.2) is 9.78 Å². The lowest BCUT2D eigenvalue weighted by Gasteiger charge is -2.06. The highest BCUT2D eigenvalue weighted by Gasteiger charge is 2.20. The fourth-order valence-electron chi connectivity index (χ4n) is 2.92. The Hall–Kier alpha value is -3.78. The van der Waals surface area contributed by atoms with Gasteiger partial charge in [0.15, 0.2) is 5.65 Å². The van der Waals surface area contributed by atoms with Gasteiger partial charge in [-0.15, -0.1) is 0 Å². The number of hydrogen-bond donors (Lipinski definition) is 2. The van der Waals surface area contributed by atoms with Gasteiger partial charge < -0.3 is 5.11 Å². The van der Waals surface area contributed by atoms with Crippen LogP contribution < -0.4 is 0 Å². The zero-order valence-electron chi connectivity index (χ0n) is 14.1. The molecule has 0 unspecified atom stereocenters. The van der Waals surface area contributed by atoms with Crippen LogP contribution in [0, 0.1) is 10.1 Å². The second-order valence-electron chi connectivity index (χ2n) is 5.97. The highest BCUT2D eigenvalue weighted by molar-refractivity contribution is 6.30. The number of nitro groups is 1. The lowest BCUT2D eigenvalue weighted by Crippen LogP contribution is -2.00. The minimum Gasteiger partial charge on any atom is -0.478 e. The van der Waals surface area contributed by atoms with Crippen molar-refractivity contribution in [1.82, 2.24) is 15.2 Å². The normalized spacial score (nSPS) is 10.9. The molecule has 9 heteroatoms. The number of pyridine rings is 1. The summed E-state index contributed by atoms with van der Waals surface area (Å²) < 4.78 is 0.